The molecule has 1 nitrogen and oxygen atoms in total. The summed E-state index contributed by atoms with van der Waals surface area (Å²) in [6.07, 6.45) is 0. The average Bonchev–Trinajstić information content (AvgIpc) is 1.85. The van der Waals surface area contributed by atoms with Crippen LogP contribution in [0.5, 0.6) is 0 Å². The summed E-state index contributed by atoms with van der Waals surface area (Å²) in [4.78, 5) is 4.22. The molecule has 1 rings (SSSR count). The van der Waals surface area contributed by atoms with Gasteiger partial charge in [0.25, 0.3) is 0 Å². The number of hydrogen-bond donors (Lipinski definition) is 0. The molecule has 0 aliphatic carbocycles. The molecule has 0 atom stereocenters. The first-order chi connectivity index (χ1) is 4.72. The van der Waals surface area contributed by atoms with E-state index in [1.165, 1.54) is 0 Å². The van der Waals surface area contributed by atoms with Gasteiger partial charge >= 0.3 is 0 Å². The van der Waals surface area contributed by atoms with Gasteiger partial charge in [-0.1, -0.05) is 27.5 Å². The molecule has 0 aliphatic rings. The maximum Gasteiger partial charge on any atom is 0.0527 e. The first-order valence-electron chi connectivity index (χ1n) is 2.91. The third-order valence-corrected chi connectivity index (χ3v) is 1.90. The highest BCUT2D eigenvalue weighted by atomic mass is 79.9. The van der Waals surface area contributed by atoms with E-state index in [1.807, 2.05) is 19.1 Å². The lowest BCUT2D eigenvalue weighted by Crippen LogP contribution is -1.87. The Morgan fingerprint density at radius 1 is 1.60 bits per heavy atom. The van der Waals surface area contributed by atoms with Crippen LogP contribution in [0, 0.1) is 6.92 Å². The van der Waals surface area contributed by atoms with Crippen molar-refractivity contribution in [3.05, 3.63) is 28.5 Å². The molecule has 0 bridgehead atoms. The Morgan fingerprint density at radius 2 is 2.30 bits per heavy atom. The number of nitrogens with zero attached hydrogens (tertiary/aromatic N) is 1. The number of hydrogen-bond acceptors (Lipinski definition) is 1. The lowest BCUT2D eigenvalue weighted by Gasteiger charge is -1.97. The lowest BCUT2D eigenvalue weighted by atomic mass is 10.3. The molecule has 0 aromatic carbocycles. The summed E-state index contributed by atoms with van der Waals surface area (Å²) >= 11 is 9.07. The zero-order chi connectivity index (χ0) is 7.56. The van der Waals surface area contributed by atoms with Crippen molar-refractivity contribution < 1.29 is 0 Å². The second kappa shape index (κ2) is 3.35. The van der Waals surface area contributed by atoms with Crippen LogP contribution in [0.2, 0.25) is 5.02 Å². The number of rotatable bonds is 1. The fourth-order valence-electron chi connectivity index (χ4n) is 0.760. The Kier molecular flexibility index (Phi) is 2.69. The van der Waals surface area contributed by atoms with Gasteiger partial charge in [0.1, 0.15) is 0 Å². The molecule has 0 saturated heterocycles. The minimum atomic E-state index is 0.752. The van der Waals surface area contributed by atoms with Gasteiger partial charge in [0, 0.05) is 16.0 Å². The monoisotopic (exact) mass is 219 g/mol. The smallest absolute Gasteiger partial charge is 0.0527 e. The third kappa shape index (κ3) is 1.96. The van der Waals surface area contributed by atoms with Crippen LogP contribution in [0.3, 0.4) is 0 Å². The first-order valence-corrected chi connectivity index (χ1v) is 4.41. The van der Waals surface area contributed by atoms with Crippen molar-refractivity contribution in [1.29, 1.82) is 0 Å². The highest BCUT2D eigenvalue weighted by Gasteiger charge is 1.94. The summed E-state index contributed by atoms with van der Waals surface area (Å²) in [5.74, 6) is 0. The molecule has 54 valence electrons. The van der Waals surface area contributed by atoms with Crippen molar-refractivity contribution in [2.75, 3.05) is 0 Å². The lowest BCUT2D eigenvalue weighted by molar-refractivity contribution is 1.11. The maximum absolute atomic E-state index is 5.77. The first kappa shape index (κ1) is 8.02. The average molecular weight is 220 g/mol. The van der Waals surface area contributed by atoms with E-state index in [2.05, 4.69) is 20.9 Å². The largest absolute Gasteiger partial charge is 0.257 e. The molecule has 1 heterocycles. The standard InChI is InChI=1S/C7H7BrClN/c1-5-2-6(9)3-7(4-8)10-5/h2-3H,4H2,1H3. The SMILES string of the molecule is Cc1cc(Cl)cc(CBr)n1. The maximum atomic E-state index is 5.77. The molecular formula is C7H7BrClN. The highest BCUT2D eigenvalue weighted by molar-refractivity contribution is 9.08. The van der Waals surface area contributed by atoms with Crippen LogP contribution in [0.25, 0.3) is 0 Å². The van der Waals surface area contributed by atoms with E-state index < -0.39 is 0 Å². The molecule has 0 spiro atoms. The van der Waals surface area contributed by atoms with E-state index in [4.69, 9.17) is 11.6 Å². The Balaban J connectivity index is 3.06. The quantitative estimate of drug-likeness (QED) is 0.663. The van der Waals surface area contributed by atoms with Gasteiger partial charge in [-0.05, 0) is 19.1 Å². The summed E-state index contributed by atoms with van der Waals surface area (Å²) in [5.41, 5.74) is 1.94. The van der Waals surface area contributed by atoms with Crippen molar-refractivity contribution in [3.8, 4) is 0 Å². The second-order valence-electron chi connectivity index (χ2n) is 2.05. The Bertz CT molecular complexity index is 217. The molecule has 0 saturated carbocycles. The Hall–Kier alpha value is -0.0800. The molecule has 1 aromatic heterocycles. The number of pyridine rings is 1. The molecule has 0 fully saturated rings. The summed E-state index contributed by atoms with van der Waals surface area (Å²) in [6.45, 7) is 1.93. The molecule has 0 amide bonds. The molecule has 0 N–H and O–H groups in total. The molecule has 10 heavy (non-hydrogen) atoms. The van der Waals surface area contributed by atoms with E-state index in [-0.39, 0.29) is 0 Å². The fraction of sp³-hybridized carbons (Fsp3) is 0.286. The number of halogens is 2. The van der Waals surface area contributed by atoms with E-state index in [9.17, 15) is 0 Å². The van der Waals surface area contributed by atoms with Crippen LogP contribution in [0.4, 0.5) is 0 Å². The van der Waals surface area contributed by atoms with Crippen molar-refractivity contribution in [2.45, 2.75) is 12.3 Å². The predicted molar refractivity (Wildman–Crippen MR) is 46.6 cm³/mol. The molecule has 1 aromatic rings. The van der Waals surface area contributed by atoms with E-state index in [0.717, 1.165) is 21.7 Å². The van der Waals surface area contributed by atoms with Crippen molar-refractivity contribution >= 4 is 27.5 Å². The van der Waals surface area contributed by atoms with E-state index in [0.29, 0.717) is 0 Å². The van der Waals surface area contributed by atoms with Crippen LogP contribution in [-0.4, -0.2) is 4.98 Å². The van der Waals surface area contributed by atoms with Gasteiger partial charge in [0.05, 0.1) is 5.69 Å². The normalized spacial score (nSPS) is 9.90. The molecule has 0 aliphatic heterocycles. The van der Waals surface area contributed by atoms with E-state index in [1.54, 1.807) is 0 Å². The molecule has 0 unspecified atom stereocenters. The van der Waals surface area contributed by atoms with Gasteiger partial charge < -0.3 is 0 Å². The van der Waals surface area contributed by atoms with E-state index >= 15 is 0 Å². The zero-order valence-corrected chi connectivity index (χ0v) is 7.91. The van der Waals surface area contributed by atoms with Crippen molar-refractivity contribution in [2.24, 2.45) is 0 Å². The predicted octanol–water partition coefficient (Wildman–Crippen LogP) is 2.94. The second-order valence-corrected chi connectivity index (χ2v) is 3.05. The zero-order valence-electron chi connectivity index (χ0n) is 5.56. The minimum Gasteiger partial charge on any atom is -0.257 e. The number of aryl methyl sites for hydroxylation is 1. The van der Waals surface area contributed by atoms with Crippen LogP contribution in [-0.2, 0) is 5.33 Å². The van der Waals surface area contributed by atoms with Gasteiger partial charge in [-0.3, -0.25) is 4.98 Å². The van der Waals surface area contributed by atoms with Gasteiger partial charge in [-0.2, -0.15) is 0 Å². The summed E-state index contributed by atoms with van der Waals surface area (Å²) in [6, 6.07) is 3.69. The van der Waals surface area contributed by atoms with Gasteiger partial charge in [-0.25, -0.2) is 0 Å². The summed E-state index contributed by atoms with van der Waals surface area (Å²) < 4.78 is 0. The van der Waals surface area contributed by atoms with Crippen LogP contribution in [0.15, 0.2) is 12.1 Å². The van der Waals surface area contributed by atoms with Crippen LogP contribution >= 0.6 is 27.5 Å². The Morgan fingerprint density at radius 3 is 2.80 bits per heavy atom. The van der Waals surface area contributed by atoms with Gasteiger partial charge in [0.15, 0.2) is 0 Å². The van der Waals surface area contributed by atoms with Crippen molar-refractivity contribution in [1.82, 2.24) is 4.98 Å². The minimum absolute atomic E-state index is 0.752. The highest BCUT2D eigenvalue weighted by Crippen LogP contribution is 2.12. The summed E-state index contributed by atoms with van der Waals surface area (Å²) in [7, 11) is 0. The Labute approximate surface area is 73.6 Å². The molecule has 3 heteroatoms. The molecular weight excluding hydrogens is 213 g/mol. The molecule has 0 radical (unpaired) electrons. The topological polar surface area (TPSA) is 12.9 Å². The van der Waals surface area contributed by atoms with Crippen LogP contribution < -0.4 is 0 Å². The summed E-state index contributed by atoms with van der Waals surface area (Å²) in [5, 5.41) is 1.51. The van der Waals surface area contributed by atoms with Gasteiger partial charge in [-0.15, -0.1) is 0 Å². The number of aromatic nitrogens is 1. The fourth-order valence-corrected chi connectivity index (χ4v) is 1.33. The van der Waals surface area contributed by atoms with Gasteiger partial charge in [0.2, 0.25) is 0 Å². The van der Waals surface area contributed by atoms with Crippen molar-refractivity contribution in [3.63, 3.8) is 0 Å². The third-order valence-electron chi connectivity index (χ3n) is 1.11. The van der Waals surface area contributed by atoms with Crippen LogP contribution in [0.1, 0.15) is 11.4 Å². The number of alkyl halides is 1.